The second-order valence-corrected chi connectivity index (χ2v) is 4.81. The third kappa shape index (κ3) is 3.25. The van der Waals surface area contributed by atoms with E-state index in [1.165, 1.54) is 5.56 Å². The molecule has 1 aromatic carbocycles. The molecule has 0 fully saturated rings. The summed E-state index contributed by atoms with van der Waals surface area (Å²) in [6.45, 7) is 4.11. The fourth-order valence-corrected chi connectivity index (χ4v) is 2.33. The summed E-state index contributed by atoms with van der Waals surface area (Å²) in [6.07, 6.45) is 0.938. The summed E-state index contributed by atoms with van der Waals surface area (Å²) in [5.74, 6) is 1.23. The second-order valence-electron chi connectivity index (χ2n) is 4.81. The molecule has 0 heterocycles. The van der Waals surface area contributed by atoms with E-state index in [2.05, 4.69) is 13.0 Å². The number of benzene rings is 1. The van der Waals surface area contributed by atoms with Gasteiger partial charge < -0.3 is 9.64 Å². The molecule has 0 spiro atoms. The molecule has 0 aliphatic heterocycles. The van der Waals surface area contributed by atoms with Gasteiger partial charge in [-0.2, -0.15) is 0 Å². The first-order valence-electron chi connectivity index (χ1n) is 6.36. The van der Waals surface area contributed by atoms with Crippen LogP contribution in [0.2, 0.25) is 0 Å². The zero-order valence-corrected chi connectivity index (χ0v) is 11.9. The zero-order valence-electron chi connectivity index (χ0n) is 11.9. The molecule has 3 nitrogen and oxygen atoms in total. The van der Waals surface area contributed by atoms with Crippen molar-refractivity contribution in [3.8, 4) is 5.75 Å². The summed E-state index contributed by atoms with van der Waals surface area (Å²) in [6, 6.07) is 7.99. The molecule has 100 valence electrons. The summed E-state index contributed by atoms with van der Waals surface area (Å²) >= 11 is 0. The van der Waals surface area contributed by atoms with Gasteiger partial charge in [0.2, 0.25) is 5.91 Å². The van der Waals surface area contributed by atoms with Crippen LogP contribution in [0.5, 0.6) is 5.75 Å². The van der Waals surface area contributed by atoms with E-state index in [4.69, 9.17) is 4.74 Å². The van der Waals surface area contributed by atoms with Crippen molar-refractivity contribution in [3.63, 3.8) is 0 Å². The summed E-state index contributed by atoms with van der Waals surface area (Å²) < 4.78 is 5.24. The van der Waals surface area contributed by atoms with E-state index in [1.807, 2.05) is 25.1 Å². The number of amides is 1. The lowest BCUT2D eigenvalue weighted by Crippen LogP contribution is -2.31. The molecule has 0 aliphatic carbocycles. The maximum Gasteiger partial charge on any atom is 0.225 e. The predicted octanol–water partition coefficient (Wildman–Crippen LogP) is 2.91. The molecule has 2 unspecified atom stereocenters. The molecule has 1 amide bonds. The standard InChI is InChI=1S/C15H23NO2/c1-6-14(11(2)15(17)16(3)4)12-8-7-9-13(10-12)18-5/h7-11,14H,6H2,1-5H3. The van der Waals surface area contributed by atoms with Gasteiger partial charge in [0.25, 0.3) is 0 Å². The lowest BCUT2D eigenvalue weighted by Gasteiger charge is -2.25. The minimum Gasteiger partial charge on any atom is -0.497 e. The topological polar surface area (TPSA) is 29.5 Å². The van der Waals surface area contributed by atoms with Gasteiger partial charge in [-0.05, 0) is 30.0 Å². The van der Waals surface area contributed by atoms with Gasteiger partial charge in [0.15, 0.2) is 0 Å². The first kappa shape index (κ1) is 14.6. The second kappa shape index (κ2) is 6.43. The summed E-state index contributed by atoms with van der Waals surface area (Å²) in [5, 5.41) is 0. The minimum absolute atomic E-state index is 0.0166. The highest BCUT2D eigenvalue weighted by Gasteiger charge is 2.25. The molecule has 0 radical (unpaired) electrons. The van der Waals surface area contributed by atoms with E-state index >= 15 is 0 Å². The number of ether oxygens (including phenoxy) is 1. The molecule has 3 heteroatoms. The summed E-state index contributed by atoms with van der Waals surface area (Å²) in [5.41, 5.74) is 1.17. The van der Waals surface area contributed by atoms with Gasteiger partial charge in [-0.1, -0.05) is 26.0 Å². The fraction of sp³-hybridized carbons (Fsp3) is 0.533. The molecule has 0 aliphatic rings. The Bertz CT molecular complexity index is 401. The van der Waals surface area contributed by atoms with Crippen molar-refractivity contribution >= 4 is 5.91 Å². The number of hydrogen-bond acceptors (Lipinski definition) is 2. The molecule has 1 rings (SSSR count). The number of carbonyl (C=O) groups is 1. The van der Waals surface area contributed by atoms with Crippen molar-refractivity contribution in [3.05, 3.63) is 29.8 Å². The van der Waals surface area contributed by atoms with Gasteiger partial charge in [-0.25, -0.2) is 0 Å². The van der Waals surface area contributed by atoms with Crippen LogP contribution in [0, 0.1) is 5.92 Å². The van der Waals surface area contributed by atoms with Crippen LogP contribution in [-0.2, 0) is 4.79 Å². The van der Waals surface area contributed by atoms with Crippen LogP contribution in [0.1, 0.15) is 31.7 Å². The number of carbonyl (C=O) groups excluding carboxylic acids is 1. The third-order valence-electron chi connectivity index (χ3n) is 3.40. The fourth-order valence-electron chi connectivity index (χ4n) is 2.33. The van der Waals surface area contributed by atoms with Gasteiger partial charge in [-0.3, -0.25) is 4.79 Å². The Morgan fingerprint density at radius 1 is 1.39 bits per heavy atom. The average Bonchev–Trinajstić information content (AvgIpc) is 2.38. The van der Waals surface area contributed by atoms with Crippen LogP contribution >= 0.6 is 0 Å². The third-order valence-corrected chi connectivity index (χ3v) is 3.40. The van der Waals surface area contributed by atoms with Gasteiger partial charge >= 0.3 is 0 Å². The molecule has 2 atom stereocenters. The lowest BCUT2D eigenvalue weighted by atomic mass is 9.84. The van der Waals surface area contributed by atoms with Crippen LogP contribution in [-0.4, -0.2) is 32.0 Å². The van der Waals surface area contributed by atoms with Crippen molar-refractivity contribution in [2.75, 3.05) is 21.2 Å². The van der Waals surface area contributed by atoms with E-state index in [0.717, 1.165) is 12.2 Å². The van der Waals surface area contributed by atoms with E-state index < -0.39 is 0 Å². The van der Waals surface area contributed by atoms with Crippen LogP contribution in [0.4, 0.5) is 0 Å². The molecule has 1 aromatic rings. The van der Waals surface area contributed by atoms with Crippen LogP contribution in [0.3, 0.4) is 0 Å². The Morgan fingerprint density at radius 3 is 2.56 bits per heavy atom. The van der Waals surface area contributed by atoms with Gasteiger partial charge in [0.1, 0.15) is 5.75 Å². The smallest absolute Gasteiger partial charge is 0.225 e. The predicted molar refractivity (Wildman–Crippen MR) is 73.9 cm³/mol. The molecule has 0 saturated carbocycles. The number of hydrogen-bond donors (Lipinski definition) is 0. The van der Waals surface area contributed by atoms with E-state index in [1.54, 1.807) is 26.1 Å². The van der Waals surface area contributed by atoms with Crippen LogP contribution in [0.15, 0.2) is 24.3 Å². The maximum absolute atomic E-state index is 12.1. The summed E-state index contributed by atoms with van der Waals surface area (Å²) in [7, 11) is 5.27. The molecule has 18 heavy (non-hydrogen) atoms. The summed E-state index contributed by atoms with van der Waals surface area (Å²) in [4.78, 5) is 13.7. The largest absolute Gasteiger partial charge is 0.497 e. The first-order valence-corrected chi connectivity index (χ1v) is 6.36. The quantitative estimate of drug-likeness (QED) is 0.803. The maximum atomic E-state index is 12.1. The zero-order chi connectivity index (χ0) is 13.7. The molecule has 0 N–H and O–H groups in total. The highest BCUT2D eigenvalue weighted by molar-refractivity contribution is 5.79. The van der Waals surface area contributed by atoms with Gasteiger partial charge in [0.05, 0.1) is 7.11 Å². The monoisotopic (exact) mass is 249 g/mol. The number of rotatable bonds is 5. The highest BCUT2D eigenvalue weighted by Crippen LogP contribution is 2.30. The van der Waals surface area contributed by atoms with Gasteiger partial charge in [-0.15, -0.1) is 0 Å². The van der Waals surface area contributed by atoms with Crippen molar-refractivity contribution in [2.24, 2.45) is 5.92 Å². The van der Waals surface area contributed by atoms with Crippen molar-refractivity contribution < 1.29 is 9.53 Å². The van der Waals surface area contributed by atoms with E-state index in [-0.39, 0.29) is 17.7 Å². The first-order chi connectivity index (χ1) is 8.51. The Balaban J connectivity index is 2.98. The van der Waals surface area contributed by atoms with E-state index in [9.17, 15) is 4.79 Å². The SMILES string of the molecule is CCC(c1cccc(OC)c1)C(C)C(=O)N(C)C. The molecule has 0 aromatic heterocycles. The van der Waals surface area contributed by atoms with E-state index in [0.29, 0.717) is 0 Å². The minimum atomic E-state index is -0.0166. The molecule has 0 saturated heterocycles. The van der Waals surface area contributed by atoms with Crippen LogP contribution in [0.25, 0.3) is 0 Å². The Labute approximate surface area is 110 Å². The molecular formula is C15H23NO2. The normalized spacial score (nSPS) is 13.8. The molecule has 0 bridgehead atoms. The Morgan fingerprint density at radius 2 is 2.06 bits per heavy atom. The number of nitrogens with zero attached hydrogens (tertiary/aromatic N) is 1. The van der Waals surface area contributed by atoms with Crippen molar-refractivity contribution in [2.45, 2.75) is 26.2 Å². The molecular weight excluding hydrogens is 226 g/mol. The van der Waals surface area contributed by atoms with Crippen LogP contribution < -0.4 is 4.74 Å². The van der Waals surface area contributed by atoms with Gasteiger partial charge in [0, 0.05) is 20.0 Å². The Kier molecular flexibility index (Phi) is 5.20. The van der Waals surface area contributed by atoms with Crippen molar-refractivity contribution in [1.82, 2.24) is 4.90 Å². The Hall–Kier alpha value is -1.51. The van der Waals surface area contributed by atoms with Crippen molar-refractivity contribution in [1.29, 1.82) is 0 Å². The average molecular weight is 249 g/mol. The number of methoxy groups -OCH3 is 1. The lowest BCUT2D eigenvalue weighted by molar-refractivity contribution is -0.133. The highest BCUT2D eigenvalue weighted by atomic mass is 16.5.